The maximum atomic E-state index is 10.1. The highest BCUT2D eigenvalue weighted by Gasteiger charge is 2.15. The van der Waals surface area contributed by atoms with Crippen molar-refractivity contribution in [1.29, 1.82) is 5.26 Å². The van der Waals surface area contributed by atoms with Gasteiger partial charge in [0.15, 0.2) is 0 Å². The molecule has 0 saturated heterocycles. The number of fused-ring (bicyclic) bond motifs is 1. The SMILES string of the molecule is N#C/C(=C/c1cn(-c2ccccc2)nc1-c1ccc(OCc2ccccc2Cl)cc1)c1nc2ccccc2s1. The first-order chi connectivity index (χ1) is 19.2. The summed E-state index contributed by atoms with van der Waals surface area (Å²) in [5.74, 6) is 0.727. The molecule has 0 unspecified atom stereocenters. The highest BCUT2D eigenvalue weighted by molar-refractivity contribution is 7.19. The molecule has 0 spiro atoms. The number of nitrogens with zero attached hydrogens (tertiary/aromatic N) is 4. The predicted molar refractivity (Wildman–Crippen MR) is 158 cm³/mol. The first-order valence-electron chi connectivity index (χ1n) is 12.3. The van der Waals surface area contributed by atoms with Crippen LogP contribution in [0.5, 0.6) is 5.75 Å². The van der Waals surface area contributed by atoms with E-state index in [1.165, 1.54) is 11.3 Å². The number of allylic oxidation sites excluding steroid dienone is 1. The van der Waals surface area contributed by atoms with Gasteiger partial charge in [0.25, 0.3) is 0 Å². The fraction of sp³-hybridized carbons (Fsp3) is 0.0312. The van der Waals surface area contributed by atoms with Gasteiger partial charge in [0, 0.05) is 27.9 Å². The first kappa shape index (κ1) is 24.6. The van der Waals surface area contributed by atoms with Gasteiger partial charge in [0.1, 0.15) is 23.4 Å². The van der Waals surface area contributed by atoms with Gasteiger partial charge in [0.2, 0.25) is 0 Å². The highest BCUT2D eigenvalue weighted by atomic mass is 35.5. The third-order valence-corrected chi connectivity index (χ3v) is 7.63. The zero-order valence-electron chi connectivity index (χ0n) is 20.7. The van der Waals surface area contributed by atoms with E-state index in [1.54, 1.807) is 0 Å². The van der Waals surface area contributed by atoms with Crippen LogP contribution in [-0.4, -0.2) is 14.8 Å². The van der Waals surface area contributed by atoms with Crippen molar-refractivity contribution in [2.24, 2.45) is 0 Å². The molecule has 0 amide bonds. The van der Waals surface area contributed by atoms with Crippen molar-refractivity contribution in [1.82, 2.24) is 14.8 Å². The maximum Gasteiger partial charge on any atom is 0.135 e. The molecule has 0 radical (unpaired) electrons. The number of halogens is 1. The van der Waals surface area contributed by atoms with Crippen LogP contribution in [-0.2, 0) is 6.61 Å². The molecular weight excluding hydrogens is 524 g/mol. The fourth-order valence-electron chi connectivity index (χ4n) is 4.20. The Morgan fingerprint density at radius 1 is 0.923 bits per heavy atom. The molecule has 2 aromatic heterocycles. The van der Waals surface area contributed by atoms with Gasteiger partial charge >= 0.3 is 0 Å². The molecule has 5 nitrogen and oxygen atoms in total. The summed E-state index contributed by atoms with van der Waals surface area (Å²) in [5, 5.41) is 16.3. The molecule has 0 bridgehead atoms. The van der Waals surface area contributed by atoms with Crippen molar-refractivity contribution in [3.63, 3.8) is 0 Å². The molecule has 0 aliphatic rings. The summed E-state index contributed by atoms with van der Waals surface area (Å²) in [7, 11) is 0. The Bertz CT molecular complexity index is 1800. The Labute approximate surface area is 234 Å². The van der Waals surface area contributed by atoms with Crippen molar-refractivity contribution in [2.75, 3.05) is 0 Å². The van der Waals surface area contributed by atoms with Crippen molar-refractivity contribution in [3.05, 3.63) is 130 Å². The minimum absolute atomic E-state index is 0.378. The highest BCUT2D eigenvalue weighted by Crippen LogP contribution is 2.32. The van der Waals surface area contributed by atoms with E-state index < -0.39 is 0 Å². The zero-order valence-corrected chi connectivity index (χ0v) is 22.2. The third kappa shape index (κ3) is 5.32. The number of para-hydroxylation sites is 2. The molecule has 7 heteroatoms. The summed E-state index contributed by atoms with van der Waals surface area (Å²) in [6.45, 7) is 0.378. The Balaban J connectivity index is 1.36. The lowest BCUT2D eigenvalue weighted by molar-refractivity contribution is 0.306. The lowest BCUT2D eigenvalue weighted by atomic mass is 10.1. The maximum absolute atomic E-state index is 10.1. The normalized spacial score (nSPS) is 11.4. The number of aromatic nitrogens is 3. The average Bonchev–Trinajstić information content (AvgIpc) is 3.61. The molecule has 6 aromatic rings. The summed E-state index contributed by atoms with van der Waals surface area (Å²) < 4.78 is 8.84. The van der Waals surface area contributed by atoms with E-state index in [1.807, 2.05) is 120 Å². The fourth-order valence-corrected chi connectivity index (χ4v) is 5.32. The van der Waals surface area contributed by atoms with Gasteiger partial charge in [-0.05, 0) is 60.7 Å². The Kier molecular flexibility index (Phi) is 6.92. The van der Waals surface area contributed by atoms with Crippen LogP contribution in [0.2, 0.25) is 5.02 Å². The number of rotatable bonds is 7. The van der Waals surface area contributed by atoms with Crippen molar-refractivity contribution >= 4 is 44.8 Å². The molecule has 2 heterocycles. The van der Waals surface area contributed by atoms with Crippen LogP contribution >= 0.6 is 22.9 Å². The van der Waals surface area contributed by atoms with Crippen LogP contribution < -0.4 is 4.74 Å². The van der Waals surface area contributed by atoms with Gasteiger partial charge in [-0.1, -0.05) is 60.1 Å². The van der Waals surface area contributed by atoms with E-state index in [0.717, 1.165) is 44.0 Å². The molecule has 6 rings (SSSR count). The second-order valence-corrected chi connectivity index (χ2v) is 10.2. The monoisotopic (exact) mass is 544 g/mol. The number of thiazole rings is 1. The van der Waals surface area contributed by atoms with Crippen LogP contribution in [0.1, 0.15) is 16.1 Å². The third-order valence-electron chi connectivity index (χ3n) is 6.19. The van der Waals surface area contributed by atoms with E-state index in [4.69, 9.17) is 21.4 Å². The number of hydrogen-bond acceptors (Lipinski definition) is 5. The van der Waals surface area contributed by atoms with E-state index in [9.17, 15) is 5.26 Å². The number of nitriles is 1. The molecule has 0 saturated carbocycles. The summed E-state index contributed by atoms with van der Waals surface area (Å²) in [5.41, 5.74) is 5.70. The summed E-state index contributed by atoms with van der Waals surface area (Å²) in [4.78, 5) is 4.69. The minimum atomic E-state index is 0.378. The first-order valence-corrected chi connectivity index (χ1v) is 13.5. The van der Waals surface area contributed by atoms with Crippen LogP contribution in [0.25, 0.3) is 38.8 Å². The van der Waals surface area contributed by atoms with Crippen LogP contribution in [0, 0.1) is 11.3 Å². The van der Waals surface area contributed by atoms with Crippen molar-refractivity contribution < 1.29 is 4.74 Å². The van der Waals surface area contributed by atoms with Gasteiger partial charge in [-0.25, -0.2) is 9.67 Å². The molecule has 0 aliphatic heterocycles. The van der Waals surface area contributed by atoms with E-state index in [2.05, 4.69) is 11.1 Å². The Hall–Kier alpha value is -4.70. The molecule has 39 heavy (non-hydrogen) atoms. The average molecular weight is 545 g/mol. The van der Waals surface area contributed by atoms with E-state index in [0.29, 0.717) is 22.2 Å². The number of ether oxygens (including phenoxy) is 1. The van der Waals surface area contributed by atoms with E-state index >= 15 is 0 Å². The molecule has 188 valence electrons. The topological polar surface area (TPSA) is 63.7 Å². The van der Waals surface area contributed by atoms with E-state index in [-0.39, 0.29) is 0 Å². The smallest absolute Gasteiger partial charge is 0.135 e. The summed E-state index contributed by atoms with van der Waals surface area (Å²) in [6, 6.07) is 35.6. The van der Waals surface area contributed by atoms with Crippen molar-refractivity contribution in [3.8, 4) is 28.8 Å². The second-order valence-electron chi connectivity index (χ2n) is 8.77. The standard InChI is InChI=1S/C32H21ClN4OS/c33-28-11-5-4-8-23(28)21-38-27-16-14-22(15-17-27)31-25(20-37(36-31)26-9-2-1-3-10-26)18-24(19-34)32-35-29-12-6-7-13-30(29)39-32/h1-18,20H,21H2/b24-18-. The predicted octanol–water partition coefficient (Wildman–Crippen LogP) is 8.45. The molecule has 4 aromatic carbocycles. The number of benzene rings is 4. The van der Waals surface area contributed by atoms with Crippen molar-refractivity contribution in [2.45, 2.75) is 6.61 Å². The second kappa shape index (κ2) is 11.0. The van der Waals surface area contributed by atoms with Crippen LogP contribution in [0.3, 0.4) is 0 Å². The van der Waals surface area contributed by atoms with Gasteiger partial charge in [-0.15, -0.1) is 11.3 Å². The molecule has 0 fully saturated rings. The molecule has 0 atom stereocenters. The summed E-state index contributed by atoms with van der Waals surface area (Å²) >= 11 is 7.77. The largest absolute Gasteiger partial charge is 0.489 e. The lowest BCUT2D eigenvalue weighted by Gasteiger charge is -2.08. The van der Waals surface area contributed by atoms with Crippen LogP contribution in [0.15, 0.2) is 109 Å². The number of hydrogen-bond donors (Lipinski definition) is 0. The van der Waals surface area contributed by atoms with Gasteiger partial charge < -0.3 is 4.74 Å². The Morgan fingerprint density at radius 2 is 1.67 bits per heavy atom. The minimum Gasteiger partial charge on any atom is -0.489 e. The van der Waals surface area contributed by atoms with Gasteiger partial charge in [-0.2, -0.15) is 10.4 Å². The molecule has 0 aliphatic carbocycles. The quantitative estimate of drug-likeness (QED) is 0.189. The van der Waals surface area contributed by atoms with Gasteiger partial charge in [-0.3, -0.25) is 0 Å². The zero-order chi connectivity index (χ0) is 26.6. The summed E-state index contributed by atoms with van der Waals surface area (Å²) in [6.07, 6.45) is 3.80. The van der Waals surface area contributed by atoms with Crippen LogP contribution in [0.4, 0.5) is 0 Å². The molecule has 0 N–H and O–H groups in total. The Morgan fingerprint density at radius 3 is 2.44 bits per heavy atom. The van der Waals surface area contributed by atoms with Gasteiger partial charge in [0.05, 0.1) is 27.2 Å². The molecular formula is C32H21ClN4OS. The lowest BCUT2D eigenvalue weighted by Crippen LogP contribution is -1.96.